The Kier molecular flexibility index (Phi) is 3.98. The van der Waals surface area contributed by atoms with E-state index in [1.54, 1.807) is 0 Å². The minimum absolute atomic E-state index is 0.149. The second-order valence-electron chi connectivity index (χ2n) is 5.67. The van der Waals surface area contributed by atoms with Gasteiger partial charge >= 0.3 is 0 Å². The van der Waals surface area contributed by atoms with Crippen molar-refractivity contribution in [1.82, 2.24) is 24.7 Å². The minimum Gasteiger partial charge on any atom is -0.368 e. The molecule has 0 spiro atoms. The topological polar surface area (TPSA) is 82.5 Å². The Morgan fingerprint density at radius 3 is 2.70 bits per heavy atom. The van der Waals surface area contributed by atoms with Gasteiger partial charge in [-0.1, -0.05) is 24.0 Å². The quantitative estimate of drug-likeness (QED) is 0.571. The summed E-state index contributed by atoms with van der Waals surface area (Å²) in [5, 5.41) is 5.75. The molecule has 0 saturated carbocycles. The van der Waals surface area contributed by atoms with Gasteiger partial charge in [-0.3, -0.25) is 4.98 Å². The number of fused-ring (bicyclic) bond motifs is 1. The molecule has 0 fully saturated rings. The van der Waals surface area contributed by atoms with Gasteiger partial charge in [-0.15, -0.1) is 0 Å². The van der Waals surface area contributed by atoms with Crippen molar-refractivity contribution in [3.8, 4) is 0 Å². The maximum Gasteiger partial charge on any atom is 0.223 e. The predicted molar refractivity (Wildman–Crippen MR) is 95.1 cm³/mol. The van der Waals surface area contributed by atoms with E-state index in [4.69, 9.17) is 17.3 Å². The summed E-state index contributed by atoms with van der Waals surface area (Å²) in [6.45, 7) is 6.69. The molecule has 0 radical (unpaired) electrons. The zero-order valence-electron chi connectivity index (χ0n) is 13.7. The average molecular weight is 329 g/mol. The van der Waals surface area contributed by atoms with Crippen LogP contribution in [-0.4, -0.2) is 32.6 Å². The smallest absolute Gasteiger partial charge is 0.223 e. The van der Waals surface area contributed by atoms with Crippen molar-refractivity contribution in [2.45, 2.75) is 33.7 Å². The first-order valence-corrected chi connectivity index (χ1v) is 7.90. The van der Waals surface area contributed by atoms with Gasteiger partial charge in [-0.25, -0.2) is 9.67 Å². The molecule has 0 aliphatic rings. The SMILES string of the molecule is Bc1c(C)cnc(Cn2nc(CC)c3c(Cl)nc(N)nc32)c1C. The summed E-state index contributed by atoms with van der Waals surface area (Å²) in [6.07, 6.45) is 2.64. The molecule has 0 saturated heterocycles. The summed E-state index contributed by atoms with van der Waals surface area (Å²) < 4.78 is 1.81. The molecule has 3 heterocycles. The zero-order valence-corrected chi connectivity index (χ0v) is 14.4. The van der Waals surface area contributed by atoms with E-state index in [2.05, 4.69) is 41.7 Å². The van der Waals surface area contributed by atoms with E-state index < -0.39 is 0 Å². The van der Waals surface area contributed by atoms with E-state index in [0.717, 1.165) is 23.2 Å². The largest absolute Gasteiger partial charge is 0.368 e. The van der Waals surface area contributed by atoms with E-state index in [9.17, 15) is 0 Å². The van der Waals surface area contributed by atoms with E-state index in [0.29, 0.717) is 17.3 Å². The van der Waals surface area contributed by atoms with Crippen LogP contribution in [0.5, 0.6) is 0 Å². The van der Waals surface area contributed by atoms with Crippen LogP contribution in [-0.2, 0) is 13.0 Å². The second kappa shape index (κ2) is 5.81. The van der Waals surface area contributed by atoms with Crippen molar-refractivity contribution >= 4 is 41.9 Å². The number of rotatable bonds is 3. The monoisotopic (exact) mass is 328 g/mol. The number of aryl methyl sites for hydroxylation is 2. The number of nitrogens with zero attached hydrogens (tertiary/aromatic N) is 5. The Morgan fingerprint density at radius 2 is 2.00 bits per heavy atom. The first-order valence-electron chi connectivity index (χ1n) is 7.52. The van der Waals surface area contributed by atoms with Crippen LogP contribution >= 0.6 is 11.6 Å². The van der Waals surface area contributed by atoms with Crippen molar-refractivity contribution < 1.29 is 0 Å². The van der Waals surface area contributed by atoms with Crippen molar-refractivity contribution in [2.75, 3.05) is 5.73 Å². The van der Waals surface area contributed by atoms with E-state index >= 15 is 0 Å². The molecular weight excluding hydrogens is 310 g/mol. The molecule has 0 aromatic carbocycles. The van der Waals surface area contributed by atoms with Gasteiger partial charge in [0, 0.05) is 6.20 Å². The van der Waals surface area contributed by atoms with Gasteiger partial charge in [-0.2, -0.15) is 10.1 Å². The van der Waals surface area contributed by atoms with E-state index in [1.807, 2.05) is 17.8 Å². The lowest BCUT2D eigenvalue weighted by atomic mass is 9.87. The van der Waals surface area contributed by atoms with Gasteiger partial charge in [0.2, 0.25) is 5.95 Å². The van der Waals surface area contributed by atoms with Crippen LogP contribution in [0.2, 0.25) is 5.15 Å². The summed E-state index contributed by atoms with van der Waals surface area (Å²) in [5.74, 6) is 0.149. The molecule has 0 aliphatic heterocycles. The van der Waals surface area contributed by atoms with Crippen molar-refractivity contribution in [2.24, 2.45) is 0 Å². The van der Waals surface area contributed by atoms with E-state index in [1.165, 1.54) is 16.6 Å². The Morgan fingerprint density at radius 1 is 1.26 bits per heavy atom. The highest BCUT2D eigenvalue weighted by Gasteiger charge is 2.17. The van der Waals surface area contributed by atoms with Crippen LogP contribution in [0.1, 0.15) is 29.4 Å². The lowest BCUT2D eigenvalue weighted by molar-refractivity contribution is 0.673. The fourth-order valence-corrected chi connectivity index (χ4v) is 2.94. The number of nitrogen functional groups attached to an aromatic ring is 1. The number of hydrogen-bond acceptors (Lipinski definition) is 5. The highest BCUT2D eigenvalue weighted by Crippen LogP contribution is 2.25. The van der Waals surface area contributed by atoms with Crippen LogP contribution in [0, 0.1) is 13.8 Å². The van der Waals surface area contributed by atoms with E-state index in [-0.39, 0.29) is 5.95 Å². The molecule has 23 heavy (non-hydrogen) atoms. The molecule has 0 amide bonds. The molecule has 0 aliphatic carbocycles. The fraction of sp³-hybridized carbons (Fsp3) is 0.333. The van der Waals surface area contributed by atoms with Gasteiger partial charge in [0.1, 0.15) is 13.0 Å². The summed E-state index contributed by atoms with van der Waals surface area (Å²) in [6, 6.07) is 0. The van der Waals surface area contributed by atoms with Crippen molar-refractivity contribution in [1.29, 1.82) is 0 Å². The lowest BCUT2D eigenvalue weighted by Crippen LogP contribution is -2.18. The Labute approximate surface area is 140 Å². The fourth-order valence-electron chi connectivity index (χ4n) is 2.66. The Hall–Kier alpha value is -2.15. The van der Waals surface area contributed by atoms with Crippen LogP contribution in [0.4, 0.5) is 5.95 Å². The molecule has 8 heteroatoms. The van der Waals surface area contributed by atoms with Crippen LogP contribution in [0.3, 0.4) is 0 Å². The number of hydrogen-bond donors (Lipinski definition) is 1. The second-order valence-corrected chi connectivity index (χ2v) is 6.03. The third-order valence-electron chi connectivity index (χ3n) is 4.27. The number of pyridine rings is 1. The number of aromatic nitrogens is 5. The van der Waals surface area contributed by atoms with Crippen LogP contribution < -0.4 is 11.2 Å². The Balaban J connectivity index is 2.16. The maximum absolute atomic E-state index is 6.24. The predicted octanol–water partition coefficient (Wildman–Crippen LogP) is 0.943. The zero-order chi connectivity index (χ0) is 16.7. The highest BCUT2D eigenvalue weighted by atomic mass is 35.5. The Bertz CT molecular complexity index is 905. The van der Waals surface area contributed by atoms with Gasteiger partial charge < -0.3 is 5.73 Å². The minimum atomic E-state index is 0.149. The molecule has 118 valence electrons. The number of nitrogens with two attached hydrogens (primary N) is 1. The third kappa shape index (κ3) is 2.65. The highest BCUT2D eigenvalue weighted by molar-refractivity contribution is 6.34. The molecule has 3 aromatic heterocycles. The number of halogens is 1. The summed E-state index contributed by atoms with van der Waals surface area (Å²) in [7, 11) is 2.10. The van der Waals surface area contributed by atoms with Gasteiger partial charge in [0.15, 0.2) is 5.65 Å². The van der Waals surface area contributed by atoms with Gasteiger partial charge in [0.05, 0.1) is 23.3 Å². The summed E-state index contributed by atoms with van der Waals surface area (Å²) in [4.78, 5) is 12.9. The molecule has 2 N–H and O–H groups in total. The molecule has 0 bridgehead atoms. The first-order chi connectivity index (χ1) is 10.9. The number of anilines is 1. The van der Waals surface area contributed by atoms with Crippen molar-refractivity contribution in [3.63, 3.8) is 0 Å². The molecular formula is C15H18BClN6. The third-order valence-corrected chi connectivity index (χ3v) is 4.55. The maximum atomic E-state index is 6.24. The molecule has 0 unspecified atom stereocenters. The average Bonchev–Trinajstić information content (AvgIpc) is 2.86. The first kappa shape index (κ1) is 15.7. The summed E-state index contributed by atoms with van der Waals surface area (Å²) >= 11 is 6.24. The lowest BCUT2D eigenvalue weighted by Gasteiger charge is -2.11. The van der Waals surface area contributed by atoms with Crippen molar-refractivity contribution in [3.05, 3.63) is 33.9 Å². The normalized spacial score (nSPS) is 11.3. The summed E-state index contributed by atoms with van der Waals surface area (Å²) in [5.41, 5.74) is 11.8. The van der Waals surface area contributed by atoms with Gasteiger partial charge in [0.25, 0.3) is 0 Å². The molecule has 6 nitrogen and oxygen atoms in total. The standard InChI is InChI=1S/C15H18BClN6/c1-4-9-11-13(17)20-15(18)21-14(11)23(22-9)6-10-8(3)12(16)7(2)5-19-10/h5H,4,6,16H2,1-3H3,(H2,18,20,21). The van der Waals surface area contributed by atoms with Gasteiger partial charge in [-0.05, 0) is 31.4 Å². The van der Waals surface area contributed by atoms with Crippen LogP contribution in [0.15, 0.2) is 6.20 Å². The molecule has 3 aromatic rings. The van der Waals surface area contributed by atoms with Crippen LogP contribution in [0.25, 0.3) is 11.0 Å². The molecule has 0 atom stereocenters. The molecule has 3 rings (SSSR count).